The fourth-order valence-electron chi connectivity index (χ4n) is 4.28. The first kappa shape index (κ1) is 17.8. The number of aromatic nitrogens is 3. The summed E-state index contributed by atoms with van der Waals surface area (Å²) in [5.74, 6) is 1.12. The molecule has 0 unspecified atom stereocenters. The molecule has 1 N–H and O–H groups in total. The van der Waals surface area contributed by atoms with Gasteiger partial charge < -0.3 is 14.3 Å². The van der Waals surface area contributed by atoms with Crippen LogP contribution in [0.2, 0.25) is 0 Å². The zero-order chi connectivity index (χ0) is 19.1. The fourth-order valence-corrected chi connectivity index (χ4v) is 4.28. The maximum Gasteiger partial charge on any atom is 0.291 e. The van der Waals surface area contributed by atoms with E-state index >= 15 is 0 Å². The Balaban J connectivity index is 1.65. The SMILES string of the molecule is CCn1c2cc(C)oc2c2cnn(CC(=O)N[C@H]3CCCC[C@H]3C)c(=O)c21. The van der Waals surface area contributed by atoms with Gasteiger partial charge in [0.15, 0.2) is 5.58 Å². The lowest BCUT2D eigenvalue weighted by Crippen LogP contribution is -2.43. The van der Waals surface area contributed by atoms with Crippen molar-refractivity contribution in [3.63, 3.8) is 0 Å². The quantitative estimate of drug-likeness (QED) is 0.765. The second-order valence-corrected chi connectivity index (χ2v) is 7.62. The monoisotopic (exact) mass is 370 g/mol. The lowest BCUT2D eigenvalue weighted by atomic mass is 9.86. The fraction of sp³-hybridized carbons (Fsp3) is 0.550. The van der Waals surface area contributed by atoms with E-state index in [1.807, 2.05) is 24.5 Å². The summed E-state index contributed by atoms with van der Waals surface area (Å²) in [4.78, 5) is 25.5. The second-order valence-electron chi connectivity index (χ2n) is 7.62. The van der Waals surface area contributed by atoms with Gasteiger partial charge in [-0.3, -0.25) is 9.59 Å². The molecule has 0 radical (unpaired) electrons. The average Bonchev–Trinajstić information content (AvgIpc) is 3.14. The van der Waals surface area contributed by atoms with Gasteiger partial charge in [-0.05, 0) is 32.6 Å². The first-order valence-electron chi connectivity index (χ1n) is 9.77. The normalized spacial score (nSPS) is 20.4. The predicted molar refractivity (Wildman–Crippen MR) is 104 cm³/mol. The number of carbonyl (C=O) groups is 1. The molecule has 1 fully saturated rings. The summed E-state index contributed by atoms with van der Waals surface area (Å²) in [5.41, 5.74) is 1.86. The topological polar surface area (TPSA) is 82.1 Å². The Hall–Kier alpha value is -2.57. The number of nitrogens with one attached hydrogen (secondary N) is 1. The molecule has 3 heterocycles. The largest absolute Gasteiger partial charge is 0.459 e. The highest BCUT2D eigenvalue weighted by Gasteiger charge is 2.24. The van der Waals surface area contributed by atoms with Crippen LogP contribution < -0.4 is 10.9 Å². The van der Waals surface area contributed by atoms with Crippen molar-refractivity contribution in [2.75, 3.05) is 0 Å². The third-order valence-electron chi connectivity index (χ3n) is 5.73. The van der Waals surface area contributed by atoms with Gasteiger partial charge in [0.05, 0.1) is 17.1 Å². The van der Waals surface area contributed by atoms with Crippen LogP contribution in [0.25, 0.3) is 22.0 Å². The van der Waals surface area contributed by atoms with Crippen LogP contribution in [0.4, 0.5) is 0 Å². The molecule has 4 rings (SSSR count). The first-order valence-corrected chi connectivity index (χ1v) is 9.77. The third-order valence-corrected chi connectivity index (χ3v) is 5.73. The van der Waals surface area contributed by atoms with Crippen LogP contribution in [0.1, 0.15) is 45.3 Å². The number of amides is 1. The molecule has 0 saturated heterocycles. The summed E-state index contributed by atoms with van der Waals surface area (Å²) in [7, 11) is 0. The predicted octanol–water partition coefficient (Wildman–Crippen LogP) is 2.97. The van der Waals surface area contributed by atoms with Crippen LogP contribution in [0.3, 0.4) is 0 Å². The van der Waals surface area contributed by atoms with Gasteiger partial charge >= 0.3 is 0 Å². The minimum atomic E-state index is -0.259. The van der Waals surface area contributed by atoms with Crippen LogP contribution in [0.15, 0.2) is 21.5 Å². The van der Waals surface area contributed by atoms with Crippen LogP contribution in [-0.4, -0.2) is 26.3 Å². The number of rotatable bonds is 4. The highest BCUT2D eigenvalue weighted by atomic mass is 16.3. The number of fused-ring (bicyclic) bond motifs is 3. The number of hydrogen-bond acceptors (Lipinski definition) is 4. The highest BCUT2D eigenvalue weighted by molar-refractivity contribution is 6.04. The van der Waals surface area contributed by atoms with Crippen molar-refractivity contribution >= 4 is 27.9 Å². The lowest BCUT2D eigenvalue weighted by Gasteiger charge is -2.29. The second kappa shape index (κ2) is 6.87. The summed E-state index contributed by atoms with van der Waals surface area (Å²) >= 11 is 0. The molecule has 0 aromatic carbocycles. The summed E-state index contributed by atoms with van der Waals surface area (Å²) in [6.07, 6.45) is 6.13. The average molecular weight is 370 g/mol. The molecule has 0 spiro atoms. The zero-order valence-corrected chi connectivity index (χ0v) is 16.1. The summed E-state index contributed by atoms with van der Waals surface area (Å²) < 4.78 is 8.95. The van der Waals surface area contributed by atoms with E-state index in [-0.39, 0.29) is 24.1 Å². The van der Waals surface area contributed by atoms with Crippen molar-refractivity contribution in [3.8, 4) is 0 Å². The van der Waals surface area contributed by atoms with Crippen molar-refractivity contribution in [3.05, 3.63) is 28.4 Å². The van der Waals surface area contributed by atoms with Crippen molar-refractivity contribution in [2.45, 2.75) is 65.6 Å². The van der Waals surface area contributed by atoms with E-state index in [2.05, 4.69) is 17.3 Å². The van der Waals surface area contributed by atoms with Crippen molar-refractivity contribution in [2.24, 2.45) is 5.92 Å². The number of hydrogen-bond donors (Lipinski definition) is 1. The van der Waals surface area contributed by atoms with E-state index in [0.29, 0.717) is 28.9 Å². The minimum Gasteiger partial charge on any atom is -0.459 e. The van der Waals surface area contributed by atoms with E-state index < -0.39 is 0 Å². The Morgan fingerprint density at radius 1 is 1.37 bits per heavy atom. The molecule has 27 heavy (non-hydrogen) atoms. The van der Waals surface area contributed by atoms with Crippen molar-refractivity contribution in [1.82, 2.24) is 19.7 Å². The van der Waals surface area contributed by atoms with E-state index in [4.69, 9.17) is 4.42 Å². The van der Waals surface area contributed by atoms with Gasteiger partial charge in [0, 0.05) is 18.7 Å². The molecule has 144 valence electrons. The molecule has 1 aliphatic carbocycles. The van der Waals surface area contributed by atoms with Gasteiger partial charge in [-0.1, -0.05) is 19.8 Å². The Morgan fingerprint density at radius 3 is 2.89 bits per heavy atom. The Kier molecular flexibility index (Phi) is 4.53. The Morgan fingerprint density at radius 2 is 2.15 bits per heavy atom. The molecule has 3 aromatic heterocycles. The van der Waals surface area contributed by atoms with Gasteiger partial charge in [0.1, 0.15) is 17.8 Å². The molecule has 0 bridgehead atoms. The van der Waals surface area contributed by atoms with Gasteiger partial charge in [0.25, 0.3) is 5.56 Å². The van der Waals surface area contributed by atoms with Crippen LogP contribution in [0.5, 0.6) is 0 Å². The Bertz CT molecular complexity index is 1060. The third kappa shape index (κ3) is 3.05. The highest BCUT2D eigenvalue weighted by Crippen LogP contribution is 2.29. The van der Waals surface area contributed by atoms with Gasteiger partial charge in [-0.15, -0.1) is 0 Å². The van der Waals surface area contributed by atoms with Crippen LogP contribution in [-0.2, 0) is 17.9 Å². The number of nitrogens with zero attached hydrogens (tertiary/aromatic N) is 3. The van der Waals surface area contributed by atoms with Crippen LogP contribution in [0, 0.1) is 12.8 Å². The molecular formula is C20H26N4O3. The van der Waals surface area contributed by atoms with E-state index in [0.717, 1.165) is 30.5 Å². The molecule has 1 amide bonds. The summed E-state index contributed by atoms with van der Waals surface area (Å²) in [5, 5.41) is 8.02. The van der Waals surface area contributed by atoms with Gasteiger partial charge in [0.2, 0.25) is 5.91 Å². The molecule has 7 heteroatoms. The van der Waals surface area contributed by atoms with E-state index in [9.17, 15) is 9.59 Å². The minimum absolute atomic E-state index is 0.0622. The Labute approximate surface area is 157 Å². The molecule has 0 aliphatic heterocycles. The molecule has 1 saturated carbocycles. The van der Waals surface area contributed by atoms with E-state index in [1.54, 1.807) is 6.20 Å². The summed E-state index contributed by atoms with van der Waals surface area (Å²) in [6, 6.07) is 2.12. The number of carbonyl (C=O) groups excluding carboxylic acids is 1. The molecule has 7 nitrogen and oxygen atoms in total. The standard InChI is InChI=1S/C20H26N4O3/c1-4-23-16-9-13(3)27-19(16)14-10-21-24(20(26)18(14)23)11-17(25)22-15-8-6-5-7-12(15)2/h9-10,12,15H,4-8,11H2,1-3H3,(H,22,25)/t12-,15+/m1/s1. The molecule has 1 aliphatic rings. The van der Waals surface area contributed by atoms with Gasteiger partial charge in [-0.2, -0.15) is 5.10 Å². The first-order chi connectivity index (χ1) is 13.0. The molecule has 2 atom stereocenters. The van der Waals surface area contributed by atoms with E-state index in [1.165, 1.54) is 11.1 Å². The maximum absolute atomic E-state index is 13.0. The van der Waals surface area contributed by atoms with Crippen molar-refractivity contribution < 1.29 is 9.21 Å². The van der Waals surface area contributed by atoms with Gasteiger partial charge in [-0.25, -0.2) is 4.68 Å². The molecule has 3 aromatic rings. The van der Waals surface area contributed by atoms with Crippen molar-refractivity contribution in [1.29, 1.82) is 0 Å². The maximum atomic E-state index is 13.0. The lowest BCUT2D eigenvalue weighted by molar-refractivity contribution is -0.123. The smallest absolute Gasteiger partial charge is 0.291 e. The molecular weight excluding hydrogens is 344 g/mol. The number of furan rings is 1. The van der Waals surface area contributed by atoms with Crippen LogP contribution >= 0.6 is 0 Å². The zero-order valence-electron chi connectivity index (χ0n) is 16.1. The summed E-state index contributed by atoms with van der Waals surface area (Å²) in [6.45, 7) is 6.63. The number of aryl methyl sites for hydroxylation is 2.